The lowest BCUT2D eigenvalue weighted by atomic mass is 9.43. The number of rotatable bonds is 11. The molecule has 12 bridgehead atoms. The van der Waals surface area contributed by atoms with Crippen LogP contribution >= 0.6 is 0 Å². The molecule has 3 nitrogen and oxygen atoms in total. The molecule has 0 aliphatic heterocycles. The van der Waals surface area contributed by atoms with Gasteiger partial charge in [-0.15, -0.1) is 0 Å². The molecule has 18 aromatic carbocycles. The smallest absolute Gasteiger partial charge is 0.0540 e. The van der Waals surface area contributed by atoms with E-state index in [1.807, 2.05) is 0 Å². The molecule has 12 saturated carbocycles. The van der Waals surface area contributed by atoms with Gasteiger partial charge >= 0.3 is 0 Å². The second kappa shape index (κ2) is 31.9. The van der Waals surface area contributed by atoms with E-state index in [9.17, 15) is 0 Å². The van der Waals surface area contributed by atoms with Crippen molar-refractivity contribution >= 4 is 72.7 Å². The van der Waals surface area contributed by atoms with Gasteiger partial charge in [-0.2, -0.15) is 0 Å². The standard InChI is InChI=1S/C50H41N.C47H41N.C43H39N/c1-2-12-36(13-3-1)44-17-7-9-20-49(44)51(42-16-10-15-38(31-42)39-22-21-35-11-4-5-14-37(35)30-39)43-23-24-48-46(32-43)45-18-6-8-19-47(45)50(48)40-26-33-25-34(28-40)29-41(50)27-33;1-46(2)41-15-7-5-13-37(41)39-20-18-35(28-44(39)46)48(45-17-9-11-31-10-3-4-12-36(31)45)34-19-21-43-40(27-34)38-14-6-8-16-42(38)47(43)32-23-29-22-30(25-32)26-33(47)24-29;1-42(2)38-14-8-6-12-34(38)36-18-16-33(26-41(36)42)44(31-10-4-3-5-11-31)32-17-19-40-37(25-32)35-13-7-9-15-39(35)43(40)29-21-27-20-28(23-29)24-30(43)22-27/h1-24,30-34,40-41H,25-29H2;3-21,27-30,32-33H,22-26H2,1-2H3;3-19,25-30H,20-24H2,1-2H3. The minimum absolute atomic E-state index is 0.0347. The van der Waals surface area contributed by atoms with Crippen LogP contribution in [0.5, 0.6) is 0 Å². The number of benzene rings is 18. The van der Waals surface area contributed by atoms with Crippen molar-refractivity contribution in [3.63, 3.8) is 0 Å². The second-order valence-electron chi connectivity index (χ2n) is 47.0. The van der Waals surface area contributed by atoms with Gasteiger partial charge in [-0.3, -0.25) is 0 Å². The van der Waals surface area contributed by atoms with Crippen molar-refractivity contribution in [1.82, 2.24) is 0 Å². The zero-order valence-electron chi connectivity index (χ0n) is 82.6. The van der Waals surface area contributed by atoms with Crippen molar-refractivity contribution in [2.75, 3.05) is 14.7 Å². The monoisotopic (exact) mass is 1840 g/mol. The molecule has 696 valence electrons. The fraction of sp³-hybridized carbons (Fsp3) is 0.257. The average molecular weight is 1850 g/mol. The molecule has 18 aromatic rings. The van der Waals surface area contributed by atoms with Crippen LogP contribution in [-0.2, 0) is 27.1 Å². The Hall–Kier alpha value is -14.1. The SMILES string of the molecule is CC1(C)c2ccccc2-c2ccc(N(c3ccc4c(c3)-c3ccccc3C43C4CC5CC(C4)CC3C5)c3cccc4ccccc34)cc21.CC1(C)c2ccccc2-c2ccc(N(c3ccccc3)c3ccc4c(c3)-c3ccccc3C43C4CC5CC(C4)CC3C5)cc21.c1ccc(-c2ccccc2N(c2cccc(-c3ccc4ccccc4c3)c2)c2ccc3c(c2)-c2ccccc2C32C3CC4CC(C3)CC2C4)cc1. The summed E-state index contributed by atoms with van der Waals surface area (Å²) in [4.78, 5) is 7.55. The number of nitrogens with zero attached hydrogens (tertiary/aromatic N) is 3. The van der Waals surface area contributed by atoms with E-state index < -0.39 is 0 Å². The molecule has 0 amide bonds. The summed E-state index contributed by atoms with van der Waals surface area (Å²) >= 11 is 0. The predicted octanol–water partition coefficient (Wildman–Crippen LogP) is 36.9. The van der Waals surface area contributed by atoms with Crippen LogP contribution in [0, 0.1) is 71.0 Å². The minimum atomic E-state index is -0.0604. The van der Waals surface area contributed by atoms with Crippen LogP contribution in [0.4, 0.5) is 51.2 Å². The predicted molar refractivity (Wildman–Crippen MR) is 594 cm³/mol. The normalized spacial score (nSPS) is 25.8. The third-order valence-electron chi connectivity index (χ3n) is 39.5. The van der Waals surface area contributed by atoms with Gasteiger partial charge in [-0.05, 0) is 415 Å². The van der Waals surface area contributed by atoms with Crippen LogP contribution < -0.4 is 14.7 Å². The van der Waals surface area contributed by atoms with E-state index in [4.69, 9.17) is 0 Å². The largest absolute Gasteiger partial charge is 0.310 e. The molecule has 143 heavy (non-hydrogen) atoms. The Bertz CT molecular complexity index is 8150. The number of hydrogen-bond donors (Lipinski definition) is 0. The lowest BCUT2D eigenvalue weighted by Crippen LogP contribution is -2.55. The molecule has 0 atom stereocenters. The molecule has 35 rings (SSSR count). The van der Waals surface area contributed by atoms with Crippen molar-refractivity contribution in [2.45, 2.75) is 151 Å². The Morgan fingerprint density at radius 3 is 0.944 bits per heavy atom. The summed E-state index contributed by atoms with van der Waals surface area (Å²) in [6.07, 6.45) is 21.4. The minimum Gasteiger partial charge on any atom is -0.310 e. The topological polar surface area (TPSA) is 9.72 Å². The van der Waals surface area contributed by atoms with Crippen LogP contribution in [-0.4, -0.2) is 0 Å². The average Bonchev–Trinajstić information content (AvgIpc) is 1.53. The molecule has 0 saturated heterocycles. The molecular formula is C140H121N3. The van der Waals surface area contributed by atoms with Crippen molar-refractivity contribution in [3.05, 3.63) is 462 Å². The van der Waals surface area contributed by atoms with Crippen LogP contribution in [0.3, 0.4) is 0 Å². The molecule has 0 heterocycles. The first-order valence-electron chi connectivity index (χ1n) is 54.2. The molecule has 12 fully saturated rings. The van der Waals surface area contributed by atoms with Gasteiger partial charge in [0.2, 0.25) is 0 Å². The fourth-order valence-electron chi connectivity index (χ4n) is 34.5. The zero-order chi connectivity index (χ0) is 94.5. The fourth-order valence-corrected chi connectivity index (χ4v) is 34.5. The third kappa shape index (κ3) is 12.4. The number of anilines is 9. The summed E-state index contributed by atoms with van der Waals surface area (Å²) in [6, 6.07) is 154. The summed E-state index contributed by atoms with van der Waals surface area (Å²) in [6.45, 7) is 9.54. The summed E-state index contributed by atoms with van der Waals surface area (Å²) in [5.74, 6) is 10.3. The quantitative estimate of drug-likeness (QED) is 0.128. The molecule has 0 N–H and O–H groups in total. The number of fused-ring (bicyclic) bond motifs is 17. The lowest BCUT2D eigenvalue weighted by molar-refractivity contribution is -0.0399. The van der Waals surface area contributed by atoms with E-state index >= 15 is 0 Å². The van der Waals surface area contributed by atoms with E-state index in [1.54, 1.807) is 33.4 Å². The van der Waals surface area contributed by atoms with Gasteiger partial charge in [0, 0.05) is 77.8 Å². The first kappa shape index (κ1) is 84.6. The van der Waals surface area contributed by atoms with E-state index in [-0.39, 0.29) is 27.1 Å². The van der Waals surface area contributed by atoms with Gasteiger partial charge in [0.25, 0.3) is 0 Å². The summed E-state index contributed by atoms with van der Waals surface area (Å²) < 4.78 is 0. The second-order valence-corrected chi connectivity index (χ2v) is 47.0. The first-order chi connectivity index (χ1) is 70.3. The van der Waals surface area contributed by atoms with Gasteiger partial charge in [-0.25, -0.2) is 0 Å². The van der Waals surface area contributed by atoms with Gasteiger partial charge in [0.1, 0.15) is 0 Å². The Balaban J connectivity index is 0.000000100. The van der Waals surface area contributed by atoms with Crippen LogP contribution in [0.1, 0.15) is 180 Å². The lowest BCUT2D eigenvalue weighted by Gasteiger charge is -2.61. The molecule has 0 radical (unpaired) electrons. The van der Waals surface area contributed by atoms with E-state index in [0.29, 0.717) is 0 Å². The highest BCUT2D eigenvalue weighted by Gasteiger charge is 2.65. The molecule has 3 spiro atoms. The highest BCUT2D eigenvalue weighted by atomic mass is 15.2. The molecule has 17 aliphatic carbocycles. The van der Waals surface area contributed by atoms with Gasteiger partial charge in [-0.1, -0.05) is 331 Å². The Morgan fingerprint density at radius 2 is 0.469 bits per heavy atom. The summed E-state index contributed by atoms with van der Waals surface area (Å²) in [5.41, 5.74) is 46.0. The third-order valence-corrected chi connectivity index (χ3v) is 39.5. The van der Waals surface area contributed by atoms with E-state index in [0.717, 1.165) is 71.0 Å². The van der Waals surface area contributed by atoms with Crippen LogP contribution in [0.25, 0.3) is 99.4 Å². The van der Waals surface area contributed by atoms with Gasteiger partial charge in [0.05, 0.1) is 11.4 Å². The first-order valence-corrected chi connectivity index (χ1v) is 54.2. The van der Waals surface area contributed by atoms with Crippen molar-refractivity contribution in [3.8, 4) is 77.9 Å². The highest BCUT2D eigenvalue weighted by Crippen LogP contribution is 2.74. The van der Waals surface area contributed by atoms with E-state index in [2.05, 4.69) is 449 Å². The summed E-state index contributed by atoms with van der Waals surface area (Å²) in [7, 11) is 0. The molecule has 0 unspecified atom stereocenters. The maximum Gasteiger partial charge on any atom is 0.0540 e. The maximum absolute atomic E-state index is 2.57. The highest BCUT2D eigenvalue weighted by molar-refractivity contribution is 6.02. The van der Waals surface area contributed by atoms with Gasteiger partial charge < -0.3 is 14.7 Å². The Kier molecular flexibility index (Phi) is 18.9. The van der Waals surface area contributed by atoms with Crippen molar-refractivity contribution in [1.29, 1.82) is 0 Å². The number of para-hydroxylation sites is 2. The Labute approximate surface area is 843 Å². The van der Waals surface area contributed by atoms with E-state index in [1.165, 1.54) is 269 Å². The zero-order valence-corrected chi connectivity index (χ0v) is 82.6. The van der Waals surface area contributed by atoms with Crippen molar-refractivity contribution in [2.24, 2.45) is 71.0 Å². The van der Waals surface area contributed by atoms with Crippen LogP contribution in [0.2, 0.25) is 0 Å². The van der Waals surface area contributed by atoms with Crippen LogP contribution in [0.15, 0.2) is 406 Å². The molecule has 3 heteroatoms. The molecular weight excluding hydrogens is 1720 g/mol. The summed E-state index contributed by atoms with van der Waals surface area (Å²) in [5, 5.41) is 5.09. The maximum atomic E-state index is 2.57. The number of hydrogen-bond acceptors (Lipinski definition) is 3. The van der Waals surface area contributed by atoms with Gasteiger partial charge in [0.15, 0.2) is 0 Å². The molecule has 0 aromatic heterocycles. The molecule has 17 aliphatic rings. The van der Waals surface area contributed by atoms with Crippen molar-refractivity contribution < 1.29 is 0 Å². The Morgan fingerprint density at radius 1 is 0.168 bits per heavy atom.